The molecule has 0 aromatic carbocycles. The molecule has 0 aromatic heterocycles. The van der Waals surface area contributed by atoms with E-state index in [2.05, 4.69) is 6.58 Å². The highest BCUT2D eigenvalue weighted by Crippen LogP contribution is 2.04. The quantitative estimate of drug-likeness (QED) is 0.468. The van der Waals surface area contributed by atoms with Crippen LogP contribution in [0.3, 0.4) is 0 Å². The average Bonchev–Trinajstić information content (AvgIpc) is 1.84. The Morgan fingerprint density at radius 1 is 1.17 bits per heavy atom. The highest BCUT2D eigenvalue weighted by atomic mass is 27.2. The minimum atomic E-state index is -1.47. The maximum absolute atomic E-state index is 5.65. The number of allylic oxidation sites excluding steroid dienone is 1. The summed E-state index contributed by atoms with van der Waals surface area (Å²) in [4.78, 5) is 0. The van der Waals surface area contributed by atoms with Crippen molar-refractivity contribution in [2.75, 3.05) is 0 Å². The zero-order chi connectivity index (χ0) is 9.56. The molecule has 0 heterocycles. The fourth-order valence-electron chi connectivity index (χ4n) is 0.886. The summed E-state index contributed by atoms with van der Waals surface area (Å²) < 4.78 is 11.3. The van der Waals surface area contributed by atoms with Gasteiger partial charge in [-0.25, -0.2) is 0 Å². The molecule has 0 N–H and O–H groups in total. The molecule has 0 atom stereocenters. The Morgan fingerprint density at radius 2 is 1.58 bits per heavy atom. The van der Waals surface area contributed by atoms with E-state index >= 15 is 0 Å². The van der Waals surface area contributed by atoms with Crippen LogP contribution in [0.1, 0.15) is 27.7 Å². The second-order valence-electron chi connectivity index (χ2n) is 3.32. The zero-order valence-corrected chi connectivity index (χ0v) is 9.69. The van der Waals surface area contributed by atoms with Crippen LogP contribution in [-0.4, -0.2) is 27.0 Å². The number of hydrogen-bond donors (Lipinski definition) is 0. The van der Waals surface area contributed by atoms with Gasteiger partial charge in [0.15, 0.2) is 0 Å². The van der Waals surface area contributed by atoms with Gasteiger partial charge in [-0.15, -0.1) is 6.58 Å². The van der Waals surface area contributed by atoms with Gasteiger partial charge in [0.05, 0.1) is 0 Å². The molecule has 70 valence electrons. The van der Waals surface area contributed by atoms with E-state index in [1.165, 1.54) is 0 Å². The first-order valence-corrected chi connectivity index (χ1v) is 6.24. The van der Waals surface area contributed by atoms with E-state index in [0.29, 0.717) is 0 Å². The van der Waals surface area contributed by atoms with Crippen LogP contribution in [0.5, 0.6) is 0 Å². The Bertz CT molecular complexity index is 114. The Labute approximate surface area is 80.6 Å². The normalized spacial score (nSPS) is 10.8. The van der Waals surface area contributed by atoms with Gasteiger partial charge in [0.1, 0.15) is 0 Å². The fraction of sp³-hybridized carbons (Fsp3) is 0.778. The molecule has 0 aliphatic heterocycles. The first-order valence-electron chi connectivity index (χ1n) is 4.48. The Balaban J connectivity index is 3.77. The molecule has 0 aliphatic carbocycles. The maximum Gasteiger partial charge on any atom is 0.679 e. The molecule has 0 saturated heterocycles. The number of hydrogen-bond acceptors (Lipinski definition) is 2. The summed E-state index contributed by atoms with van der Waals surface area (Å²) in [5, 5.41) is 0.885. The van der Waals surface area contributed by atoms with E-state index in [9.17, 15) is 0 Å². The first-order chi connectivity index (χ1) is 5.56. The van der Waals surface area contributed by atoms with Gasteiger partial charge in [-0.1, -0.05) is 6.08 Å². The van der Waals surface area contributed by atoms with Crippen LogP contribution >= 0.6 is 0 Å². The lowest BCUT2D eigenvalue weighted by Gasteiger charge is -2.17. The second-order valence-corrected chi connectivity index (χ2v) is 5.20. The third-order valence-electron chi connectivity index (χ3n) is 1.21. The maximum atomic E-state index is 5.65. The summed E-state index contributed by atoms with van der Waals surface area (Å²) in [6.45, 7) is 11.8. The SMILES string of the molecule is C=C[CH2][Al]([O]C(C)C)[O]C(C)C. The topological polar surface area (TPSA) is 18.5 Å². The predicted octanol–water partition coefficient (Wildman–Crippen LogP) is 2.51. The van der Waals surface area contributed by atoms with E-state index in [1.54, 1.807) is 0 Å². The van der Waals surface area contributed by atoms with Crippen LogP contribution in [0.25, 0.3) is 0 Å². The van der Waals surface area contributed by atoms with Crippen LogP contribution in [0.15, 0.2) is 12.7 Å². The van der Waals surface area contributed by atoms with Crippen molar-refractivity contribution in [2.45, 2.75) is 45.2 Å². The standard InChI is InChI=1S/2C3H7O.C3H5.Al/c2*1-3(2)4;1-3-2;/h2*3H,1-2H3;3H,1-2H2;/q2*-1;;+2. The molecule has 3 heteroatoms. The molecule has 0 amide bonds. The van der Waals surface area contributed by atoms with Gasteiger partial charge in [-0.3, -0.25) is 0 Å². The molecule has 2 nitrogen and oxygen atoms in total. The minimum Gasteiger partial charge on any atom is -0.476 e. The van der Waals surface area contributed by atoms with Crippen molar-refractivity contribution in [1.29, 1.82) is 0 Å². The summed E-state index contributed by atoms with van der Waals surface area (Å²) in [5.41, 5.74) is 0. The molecule has 0 radical (unpaired) electrons. The van der Waals surface area contributed by atoms with Crippen LogP contribution in [0, 0.1) is 0 Å². The van der Waals surface area contributed by atoms with Gasteiger partial charge in [0, 0.05) is 12.2 Å². The summed E-state index contributed by atoms with van der Waals surface area (Å²) in [5.74, 6) is 0. The third-order valence-corrected chi connectivity index (χ3v) is 3.62. The minimum absolute atomic E-state index is 0.264. The van der Waals surface area contributed by atoms with Gasteiger partial charge in [0.25, 0.3) is 0 Å². The lowest BCUT2D eigenvalue weighted by Crippen LogP contribution is -2.28. The van der Waals surface area contributed by atoms with Gasteiger partial charge in [-0.05, 0) is 33.0 Å². The van der Waals surface area contributed by atoms with Crippen LogP contribution in [0.2, 0.25) is 5.28 Å². The summed E-state index contributed by atoms with van der Waals surface area (Å²) >= 11 is -1.47. The predicted molar refractivity (Wildman–Crippen MR) is 53.2 cm³/mol. The third kappa shape index (κ3) is 6.88. The molecule has 0 unspecified atom stereocenters. The average molecular weight is 186 g/mol. The van der Waals surface area contributed by atoms with Gasteiger partial charge >= 0.3 is 14.8 Å². The molecular formula is C9H19AlO2. The van der Waals surface area contributed by atoms with Crippen LogP contribution in [0.4, 0.5) is 0 Å². The lowest BCUT2D eigenvalue weighted by molar-refractivity contribution is 0.132. The van der Waals surface area contributed by atoms with Crippen LogP contribution < -0.4 is 0 Å². The van der Waals surface area contributed by atoms with Gasteiger partial charge < -0.3 is 7.58 Å². The molecular weight excluding hydrogens is 167 g/mol. The first kappa shape index (κ1) is 12.2. The summed E-state index contributed by atoms with van der Waals surface area (Å²) in [7, 11) is 0. The summed E-state index contributed by atoms with van der Waals surface area (Å²) in [6, 6.07) is 0. The van der Waals surface area contributed by atoms with E-state index < -0.39 is 14.8 Å². The van der Waals surface area contributed by atoms with E-state index in [1.807, 2.05) is 33.8 Å². The van der Waals surface area contributed by atoms with Crippen molar-refractivity contribution in [1.82, 2.24) is 0 Å². The largest absolute Gasteiger partial charge is 0.679 e. The number of rotatable bonds is 6. The highest BCUT2D eigenvalue weighted by Gasteiger charge is 2.25. The van der Waals surface area contributed by atoms with Crippen molar-refractivity contribution >= 4 is 14.8 Å². The second kappa shape index (κ2) is 6.68. The van der Waals surface area contributed by atoms with E-state index in [0.717, 1.165) is 5.28 Å². The Hall–Kier alpha value is 0.192. The van der Waals surface area contributed by atoms with E-state index in [4.69, 9.17) is 7.58 Å². The molecule has 0 spiro atoms. The molecule has 0 aliphatic rings. The van der Waals surface area contributed by atoms with Crippen molar-refractivity contribution < 1.29 is 7.58 Å². The molecule has 0 fully saturated rings. The zero-order valence-electron chi connectivity index (χ0n) is 8.54. The van der Waals surface area contributed by atoms with Crippen LogP contribution in [-0.2, 0) is 7.58 Å². The molecule has 0 aromatic rings. The summed E-state index contributed by atoms with van der Waals surface area (Å²) in [6.07, 6.45) is 2.41. The van der Waals surface area contributed by atoms with Crippen molar-refractivity contribution in [2.24, 2.45) is 0 Å². The molecule has 0 rings (SSSR count). The molecule has 0 bridgehead atoms. The smallest absolute Gasteiger partial charge is 0.476 e. The van der Waals surface area contributed by atoms with Gasteiger partial charge in [-0.2, -0.15) is 0 Å². The Kier molecular flexibility index (Phi) is 6.79. The fourth-order valence-corrected chi connectivity index (χ4v) is 2.66. The van der Waals surface area contributed by atoms with E-state index in [-0.39, 0.29) is 12.2 Å². The Morgan fingerprint density at radius 3 is 1.83 bits per heavy atom. The highest BCUT2D eigenvalue weighted by molar-refractivity contribution is 6.45. The van der Waals surface area contributed by atoms with Gasteiger partial charge in [0.2, 0.25) is 0 Å². The molecule has 12 heavy (non-hydrogen) atoms. The van der Waals surface area contributed by atoms with Crippen molar-refractivity contribution in [3.63, 3.8) is 0 Å². The van der Waals surface area contributed by atoms with Crippen molar-refractivity contribution in [3.05, 3.63) is 12.7 Å². The van der Waals surface area contributed by atoms with Crippen molar-refractivity contribution in [3.8, 4) is 0 Å². The molecule has 0 saturated carbocycles. The monoisotopic (exact) mass is 186 g/mol. The lowest BCUT2D eigenvalue weighted by atomic mass is 10.5.